The lowest BCUT2D eigenvalue weighted by Crippen LogP contribution is -2.03. The number of aryl methyl sites for hydroxylation is 2. The quantitative estimate of drug-likeness (QED) is 0.814. The molecule has 0 aliphatic heterocycles. The molecule has 1 aromatic carbocycles. The van der Waals surface area contributed by atoms with Crippen molar-refractivity contribution in [2.45, 2.75) is 20.4 Å². The number of carboxylic acids is 1. The summed E-state index contributed by atoms with van der Waals surface area (Å²) in [4.78, 5) is 11.1. The summed E-state index contributed by atoms with van der Waals surface area (Å²) in [6.45, 7) is 4.51. The highest BCUT2D eigenvalue weighted by atomic mass is 16.4. The summed E-state index contributed by atoms with van der Waals surface area (Å²) in [7, 11) is 0. The average molecular weight is 204 g/mol. The van der Waals surface area contributed by atoms with Gasteiger partial charge in [-0.15, -0.1) is 0 Å². The van der Waals surface area contributed by atoms with Gasteiger partial charge in [-0.25, -0.2) is 4.79 Å². The van der Waals surface area contributed by atoms with Crippen LogP contribution in [0.2, 0.25) is 0 Å². The molecule has 78 valence electrons. The Morgan fingerprint density at radius 1 is 1.53 bits per heavy atom. The van der Waals surface area contributed by atoms with Crippen molar-refractivity contribution in [2.75, 3.05) is 0 Å². The minimum atomic E-state index is -0.907. The van der Waals surface area contributed by atoms with E-state index in [4.69, 9.17) is 5.11 Å². The van der Waals surface area contributed by atoms with Crippen LogP contribution in [0.3, 0.4) is 0 Å². The van der Waals surface area contributed by atoms with Gasteiger partial charge in [0, 0.05) is 11.9 Å². The van der Waals surface area contributed by atoms with Crippen molar-refractivity contribution >= 4 is 16.9 Å². The summed E-state index contributed by atoms with van der Waals surface area (Å²) in [6.07, 6.45) is 0. The van der Waals surface area contributed by atoms with Crippen LogP contribution in [0.4, 0.5) is 0 Å². The van der Waals surface area contributed by atoms with Crippen LogP contribution in [-0.4, -0.2) is 20.9 Å². The minimum absolute atomic E-state index is 0.315. The molecular formula is C11H12N2O2. The van der Waals surface area contributed by atoms with Crippen molar-refractivity contribution in [3.63, 3.8) is 0 Å². The first-order valence-corrected chi connectivity index (χ1v) is 4.84. The third kappa shape index (κ3) is 1.38. The van der Waals surface area contributed by atoms with Crippen molar-refractivity contribution in [1.29, 1.82) is 0 Å². The molecule has 0 aliphatic rings. The molecule has 0 bridgehead atoms. The maximum Gasteiger partial charge on any atom is 0.337 e. The molecule has 0 fully saturated rings. The number of nitrogens with zero attached hydrogens (tertiary/aromatic N) is 2. The largest absolute Gasteiger partial charge is 0.478 e. The third-order valence-electron chi connectivity index (χ3n) is 2.48. The van der Waals surface area contributed by atoms with Crippen LogP contribution in [0, 0.1) is 6.92 Å². The maximum atomic E-state index is 11.1. The summed E-state index contributed by atoms with van der Waals surface area (Å²) in [5.74, 6) is -0.907. The fourth-order valence-electron chi connectivity index (χ4n) is 1.80. The van der Waals surface area contributed by atoms with E-state index in [0.717, 1.165) is 11.1 Å². The molecule has 15 heavy (non-hydrogen) atoms. The van der Waals surface area contributed by atoms with E-state index >= 15 is 0 Å². The van der Waals surface area contributed by atoms with Crippen LogP contribution >= 0.6 is 0 Å². The number of aromatic carboxylic acids is 1. The zero-order valence-electron chi connectivity index (χ0n) is 8.69. The second kappa shape index (κ2) is 3.38. The smallest absolute Gasteiger partial charge is 0.337 e. The molecule has 0 radical (unpaired) electrons. The van der Waals surface area contributed by atoms with Gasteiger partial charge >= 0.3 is 5.97 Å². The number of carbonyl (C=O) groups is 1. The van der Waals surface area contributed by atoms with Gasteiger partial charge in [0.15, 0.2) is 0 Å². The van der Waals surface area contributed by atoms with Gasteiger partial charge in [0.05, 0.1) is 16.8 Å². The Kier molecular flexibility index (Phi) is 2.19. The Hall–Kier alpha value is -1.84. The molecule has 0 unspecified atom stereocenters. The molecule has 1 aromatic heterocycles. The van der Waals surface area contributed by atoms with Gasteiger partial charge in [0.1, 0.15) is 0 Å². The molecule has 0 saturated heterocycles. The van der Waals surface area contributed by atoms with Crippen LogP contribution in [-0.2, 0) is 6.54 Å². The fourth-order valence-corrected chi connectivity index (χ4v) is 1.80. The van der Waals surface area contributed by atoms with Crippen molar-refractivity contribution in [1.82, 2.24) is 9.78 Å². The van der Waals surface area contributed by atoms with Crippen molar-refractivity contribution in [3.05, 3.63) is 29.5 Å². The number of hydrogen-bond donors (Lipinski definition) is 1. The second-order valence-electron chi connectivity index (χ2n) is 3.41. The summed E-state index contributed by atoms with van der Waals surface area (Å²) >= 11 is 0. The maximum absolute atomic E-state index is 11.1. The molecule has 0 atom stereocenters. The molecule has 1 N–H and O–H groups in total. The molecular weight excluding hydrogens is 192 g/mol. The lowest BCUT2D eigenvalue weighted by atomic mass is 10.1. The van der Waals surface area contributed by atoms with E-state index in [2.05, 4.69) is 5.10 Å². The molecule has 4 nitrogen and oxygen atoms in total. The van der Waals surface area contributed by atoms with Gasteiger partial charge in [-0.1, -0.05) is 12.1 Å². The van der Waals surface area contributed by atoms with Crippen LogP contribution in [0.1, 0.15) is 23.0 Å². The fraction of sp³-hybridized carbons (Fsp3) is 0.273. The van der Waals surface area contributed by atoms with E-state index in [-0.39, 0.29) is 0 Å². The topological polar surface area (TPSA) is 55.1 Å². The van der Waals surface area contributed by atoms with E-state index in [0.29, 0.717) is 17.6 Å². The molecule has 4 heteroatoms. The van der Waals surface area contributed by atoms with E-state index in [9.17, 15) is 4.79 Å². The van der Waals surface area contributed by atoms with Gasteiger partial charge in [-0.05, 0) is 19.9 Å². The number of rotatable bonds is 2. The molecule has 0 aliphatic carbocycles. The van der Waals surface area contributed by atoms with Gasteiger partial charge in [0.2, 0.25) is 0 Å². The SMILES string of the molecule is CCn1nc(C)c2cccc(C(=O)O)c21. The predicted molar refractivity (Wildman–Crippen MR) is 57.1 cm³/mol. The Balaban J connectivity index is 2.88. The molecule has 0 saturated carbocycles. The summed E-state index contributed by atoms with van der Waals surface area (Å²) in [5.41, 5.74) is 1.90. The number of fused-ring (bicyclic) bond motifs is 1. The summed E-state index contributed by atoms with van der Waals surface area (Å²) in [5, 5.41) is 14.3. The first kappa shape index (κ1) is 9.71. The molecule has 0 spiro atoms. The molecule has 0 amide bonds. The van der Waals surface area contributed by atoms with Gasteiger partial charge < -0.3 is 5.11 Å². The van der Waals surface area contributed by atoms with Gasteiger partial charge in [0.25, 0.3) is 0 Å². The highest BCUT2D eigenvalue weighted by Gasteiger charge is 2.14. The molecule has 1 heterocycles. The van der Waals surface area contributed by atoms with Crippen molar-refractivity contribution < 1.29 is 9.90 Å². The van der Waals surface area contributed by atoms with Crippen LogP contribution < -0.4 is 0 Å². The summed E-state index contributed by atoms with van der Waals surface area (Å²) in [6, 6.07) is 5.26. The lowest BCUT2D eigenvalue weighted by molar-refractivity contribution is 0.0698. The zero-order valence-corrected chi connectivity index (χ0v) is 8.69. The predicted octanol–water partition coefficient (Wildman–Crippen LogP) is 2.06. The monoisotopic (exact) mass is 204 g/mol. The van der Waals surface area contributed by atoms with Gasteiger partial charge in [-0.2, -0.15) is 5.10 Å². The minimum Gasteiger partial charge on any atom is -0.478 e. The Morgan fingerprint density at radius 2 is 2.27 bits per heavy atom. The van der Waals surface area contributed by atoms with E-state index in [1.54, 1.807) is 16.8 Å². The highest BCUT2D eigenvalue weighted by Crippen LogP contribution is 2.21. The van der Waals surface area contributed by atoms with Crippen LogP contribution in [0.15, 0.2) is 18.2 Å². The number of hydrogen-bond acceptors (Lipinski definition) is 2. The van der Waals surface area contributed by atoms with E-state index in [1.165, 1.54) is 0 Å². The third-order valence-corrected chi connectivity index (χ3v) is 2.48. The first-order valence-electron chi connectivity index (χ1n) is 4.84. The number of carboxylic acid groups (broad SMARTS) is 1. The van der Waals surface area contributed by atoms with Crippen molar-refractivity contribution in [2.24, 2.45) is 0 Å². The van der Waals surface area contributed by atoms with E-state index in [1.807, 2.05) is 19.9 Å². The van der Waals surface area contributed by atoms with Crippen molar-refractivity contribution in [3.8, 4) is 0 Å². The second-order valence-corrected chi connectivity index (χ2v) is 3.41. The van der Waals surface area contributed by atoms with Crippen LogP contribution in [0.25, 0.3) is 10.9 Å². The van der Waals surface area contributed by atoms with Crippen LogP contribution in [0.5, 0.6) is 0 Å². The standard InChI is InChI=1S/C11H12N2O2/c1-3-13-10-8(7(2)12-13)5-4-6-9(10)11(14)15/h4-6H,3H2,1-2H3,(H,14,15). The van der Waals surface area contributed by atoms with E-state index < -0.39 is 5.97 Å². The highest BCUT2D eigenvalue weighted by molar-refractivity contribution is 6.02. The number of aromatic nitrogens is 2. The Labute approximate surface area is 87.1 Å². The number of benzene rings is 1. The Morgan fingerprint density at radius 3 is 2.87 bits per heavy atom. The number of para-hydroxylation sites is 1. The Bertz CT molecular complexity index is 529. The van der Waals surface area contributed by atoms with Gasteiger partial charge in [-0.3, -0.25) is 4.68 Å². The summed E-state index contributed by atoms with van der Waals surface area (Å²) < 4.78 is 1.73. The average Bonchev–Trinajstić information content (AvgIpc) is 2.55. The molecule has 2 aromatic rings. The first-order chi connectivity index (χ1) is 7.15. The zero-order chi connectivity index (χ0) is 11.0. The molecule has 2 rings (SSSR count). The normalized spacial score (nSPS) is 10.8. The lowest BCUT2D eigenvalue weighted by Gasteiger charge is -2.01.